The molecular formula is C14H17N3O2. The highest BCUT2D eigenvalue weighted by molar-refractivity contribution is 5.75. The van der Waals surface area contributed by atoms with Gasteiger partial charge in [-0.15, -0.1) is 0 Å². The number of hydrogen-bond donors (Lipinski definition) is 1. The molecule has 100 valence electrons. The van der Waals surface area contributed by atoms with E-state index in [9.17, 15) is 0 Å². The lowest BCUT2D eigenvalue weighted by Crippen LogP contribution is -2.01. The van der Waals surface area contributed by atoms with Gasteiger partial charge in [-0.2, -0.15) is 0 Å². The summed E-state index contributed by atoms with van der Waals surface area (Å²) in [6.07, 6.45) is 1.53. The Balaban J connectivity index is 2.53. The standard InChI is InChI=1S/C14H17N3O2/c1-4-15-13-8-10(16-9-17-13)14-11(18-2)6-5-7-12(14)19-3/h5-9H,4H2,1-3H3,(H,15,16,17). The van der Waals surface area contributed by atoms with Crippen molar-refractivity contribution >= 4 is 5.82 Å². The second-order valence-corrected chi connectivity index (χ2v) is 3.86. The number of aromatic nitrogens is 2. The van der Waals surface area contributed by atoms with Crippen LogP contribution in [0.5, 0.6) is 11.5 Å². The molecule has 1 aromatic carbocycles. The third-order valence-corrected chi connectivity index (χ3v) is 2.71. The fourth-order valence-corrected chi connectivity index (χ4v) is 1.88. The average molecular weight is 259 g/mol. The Bertz CT molecular complexity index is 536. The third kappa shape index (κ3) is 2.76. The first-order valence-electron chi connectivity index (χ1n) is 6.07. The summed E-state index contributed by atoms with van der Waals surface area (Å²) in [4.78, 5) is 8.46. The molecule has 2 rings (SSSR count). The summed E-state index contributed by atoms with van der Waals surface area (Å²) in [5.74, 6) is 2.22. The van der Waals surface area contributed by atoms with E-state index in [0.29, 0.717) is 0 Å². The summed E-state index contributed by atoms with van der Waals surface area (Å²) in [6.45, 7) is 2.82. The van der Waals surface area contributed by atoms with Gasteiger partial charge in [-0.3, -0.25) is 0 Å². The molecule has 0 radical (unpaired) electrons. The minimum absolute atomic E-state index is 0.723. The molecule has 1 heterocycles. The predicted octanol–water partition coefficient (Wildman–Crippen LogP) is 2.59. The maximum atomic E-state index is 5.38. The van der Waals surface area contributed by atoms with E-state index in [1.54, 1.807) is 14.2 Å². The fraction of sp³-hybridized carbons (Fsp3) is 0.286. The van der Waals surface area contributed by atoms with Gasteiger partial charge in [-0.05, 0) is 19.1 Å². The maximum Gasteiger partial charge on any atom is 0.132 e. The van der Waals surface area contributed by atoms with Gasteiger partial charge in [0.1, 0.15) is 23.6 Å². The second kappa shape index (κ2) is 6.04. The molecule has 0 saturated heterocycles. The van der Waals surface area contributed by atoms with E-state index in [0.717, 1.165) is 35.1 Å². The number of hydrogen-bond acceptors (Lipinski definition) is 5. The van der Waals surface area contributed by atoms with Crippen LogP contribution >= 0.6 is 0 Å². The molecule has 1 aromatic heterocycles. The van der Waals surface area contributed by atoms with Crippen molar-refractivity contribution in [3.05, 3.63) is 30.6 Å². The van der Waals surface area contributed by atoms with Gasteiger partial charge in [0.05, 0.1) is 25.5 Å². The largest absolute Gasteiger partial charge is 0.496 e. The molecular weight excluding hydrogens is 242 g/mol. The van der Waals surface area contributed by atoms with E-state index in [-0.39, 0.29) is 0 Å². The molecule has 1 N–H and O–H groups in total. The molecule has 0 aliphatic heterocycles. The van der Waals surface area contributed by atoms with Crippen LogP contribution in [0.4, 0.5) is 5.82 Å². The summed E-state index contributed by atoms with van der Waals surface area (Å²) in [6, 6.07) is 7.53. The van der Waals surface area contributed by atoms with Gasteiger partial charge >= 0.3 is 0 Å². The second-order valence-electron chi connectivity index (χ2n) is 3.86. The Morgan fingerprint density at radius 1 is 1.11 bits per heavy atom. The van der Waals surface area contributed by atoms with E-state index >= 15 is 0 Å². The predicted molar refractivity (Wildman–Crippen MR) is 74.7 cm³/mol. The summed E-state index contributed by atoms with van der Waals surface area (Å²) in [7, 11) is 3.26. The van der Waals surface area contributed by atoms with Crippen LogP contribution in [-0.2, 0) is 0 Å². The molecule has 2 aromatic rings. The van der Waals surface area contributed by atoms with Crippen LogP contribution in [-0.4, -0.2) is 30.7 Å². The van der Waals surface area contributed by atoms with Crippen LogP contribution in [0.1, 0.15) is 6.92 Å². The third-order valence-electron chi connectivity index (χ3n) is 2.71. The number of methoxy groups -OCH3 is 2. The van der Waals surface area contributed by atoms with Gasteiger partial charge < -0.3 is 14.8 Å². The molecule has 0 aliphatic carbocycles. The monoisotopic (exact) mass is 259 g/mol. The fourth-order valence-electron chi connectivity index (χ4n) is 1.88. The van der Waals surface area contributed by atoms with Crippen molar-refractivity contribution in [1.82, 2.24) is 9.97 Å². The maximum absolute atomic E-state index is 5.38. The summed E-state index contributed by atoms with van der Waals surface area (Å²) >= 11 is 0. The zero-order valence-corrected chi connectivity index (χ0v) is 11.3. The number of nitrogens with one attached hydrogen (secondary N) is 1. The first kappa shape index (κ1) is 13.1. The van der Waals surface area contributed by atoms with Crippen molar-refractivity contribution in [2.45, 2.75) is 6.92 Å². The molecule has 0 fully saturated rings. The average Bonchev–Trinajstić information content (AvgIpc) is 2.47. The van der Waals surface area contributed by atoms with Crippen molar-refractivity contribution in [1.29, 1.82) is 0 Å². The molecule has 5 nitrogen and oxygen atoms in total. The lowest BCUT2D eigenvalue weighted by Gasteiger charge is -2.13. The molecule has 0 saturated carbocycles. The smallest absolute Gasteiger partial charge is 0.132 e. The zero-order chi connectivity index (χ0) is 13.7. The summed E-state index contributed by atoms with van der Waals surface area (Å²) < 4.78 is 10.8. The SMILES string of the molecule is CCNc1cc(-c2c(OC)cccc2OC)ncn1. The van der Waals surface area contributed by atoms with E-state index in [1.807, 2.05) is 31.2 Å². The number of benzene rings is 1. The zero-order valence-electron chi connectivity index (χ0n) is 11.3. The molecule has 5 heteroatoms. The van der Waals surface area contributed by atoms with Crippen molar-refractivity contribution < 1.29 is 9.47 Å². The summed E-state index contributed by atoms with van der Waals surface area (Å²) in [5.41, 5.74) is 1.59. The number of nitrogens with zero attached hydrogens (tertiary/aromatic N) is 2. The Kier molecular flexibility index (Phi) is 4.18. The van der Waals surface area contributed by atoms with E-state index in [1.165, 1.54) is 6.33 Å². The molecule has 19 heavy (non-hydrogen) atoms. The van der Waals surface area contributed by atoms with Crippen LogP contribution in [0.2, 0.25) is 0 Å². The highest BCUT2D eigenvalue weighted by Gasteiger charge is 2.14. The van der Waals surface area contributed by atoms with Gasteiger partial charge in [0.2, 0.25) is 0 Å². The molecule has 0 atom stereocenters. The van der Waals surface area contributed by atoms with Gasteiger partial charge in [0.15, 0.2) is 0 Å². The van der Waals surface area contributed by atoms with Crippen LogP contribution in [0.3, 0.4) is 0 Å². The topological polar surface area (TPSA) is 56.3 Å². The van der Waals surface area contributed by atoms with Gasteiger partial charge in [0, 0.05) is 12.6 Å². The highest BCUT2D eigenvalue weighted by atomic mass is 16.5. The number of anilines is 1. The van der Waals surface area contributed by atoms with E-state index in [2.05, 4.69) is 15.3 Å². The molecule has 0 aliphatic rings. The van der Waals surface area contributed by atoms with Gasteiger partial charge in [0.25, 0.3) is 0 Å². The van der Waals surface area contributed by atoms with Gasteiger partial charge in [-0.1, -0.05) is 6.07 Å². The van der Waals surface area contributed by atoms with Crippen LogP contribution in [0.25, 0.3) is 11.3 Å². The quantitative estimate of drug-likeness (QED) is 0.894. The molecule has 0 bridgehead atoms. The highest BCUT2D eigenvalue weighted by Crippen LogP contribution is 2.37. The Hall–Kier alpha value is -2.30. The molecule has 0 amide bonds. The molecule has 0 spiro atoms. The van der Waals surface area contributed by atoms with Crippen molar-refractivity contribution in [2.75, 3.05) is 26.1 Å². The van der Waals surface area contributed by atoms with Crippen molar-refractivity contribution in [3.8, 4) is 22.8 Å². The van der Waals surface area contributed by atoms with E-state index in [4.69, 9.17) is 9.47 Å². The van der Waals surface area contributed by atoms with Crippen LogP contribution in [0.15, 0.2) is 30.6 Å². The van der Waals surface area contributed by atoms with Crippen molar-refractivity contribution in [2.24, 2.45) is 0 Å². The first-order chi connectivity index (χ1) is 9.30. The molecule has 0 unspecified atom stereocenters. The van der Waals surface area contributed by atoms with Crippen LogP contribution in [0, 0.1) is 0 Å². The Morgan fingerprint density at radius 2 is 1.79 bits per heavy atom. The lowest BCUT2D eigenvalue weighted by atomic mass is 10.1. The minimum Gasteiger partial charge on any atom is -0.496 e. The van der Waals surface area contributed by atoms with E-state index < -0.39 is 0 Å². The number of ether oxygens (including phenoxy) is 2. The van der Waals surface area contributed by atoms with Crippen molar-refractivity contribution in [3.63, 3.8) is 0 Å². The first-order valence-corrected chi connectivity index (χ1v) is 6.07. The summed E-state index contributed by atoms with van der Waals surface area (Å²) in [5, 5.41) is 3.16. The van der Waals surface area contributed by atoms with Crippen LogP contribution < -0.4 is 14.8 Å². The van der Waals surface area contributed by atoms with Gasteiger partial charge in [-0.25, -0.2) is 9.97 Å². The minimum atomic E-state index is 0.723. The number of rotatable bonds is 5. The lowest BCUT2D eigenvalue weighted by molar-refractivity contribution is 0.397. The Labute approximate surface area is 112 Å². The normalized spacial score (nSPS) is 10.1. The Morgan fingerprint density at radius 3 is 2.37 bits per heavy atom.